The molecule has 0 saturated carbocycles. The molecule has 1 aliphatic rings. The Bertz CT molecular complexity index is 692. The van der Waals surface area contributed by atoms with Crippen molar-refractivity contribution in [1.82, 2.24) is 15.5 Å². The third-order valence-electron chi connectivity index (χ3n) is 4.05. The fourth-order valence-electron chi connectivity index (χ4n) is 2.91. The first-order chi connectivity index (χ1) is 13.2. The van der Waals surface area contributed by atoms with Crippen molar-refractivity contribution < 1.29 is 23.0 Å². The highest BCUT2D eigenvalue weighted by atomic mass is 19.3. The number of halogens is 2. The van der Waals surface area contributed by atoms with Crippen molar-refractivity contribution in [2.24, 2.45) is 4.99 Å². The number of para-hydroxylation sites is 1. The lowest BCUT2D eigenvalue weighted by Crippen LogP contribution is -2.44. The summed E-state index contributed by atoms with van der Waals surface area (Å²) in [7, 11) is 1.65. The van der Waals surface area contributed by atoms with Gasteiger partial charge in [-0.3, -0.25) is 4.99 Å². The van der Waals surface area contributed by atoms with E-state index in [9.17, 15) is 13.6 Å². The molecule has 2 N–H and O–H groups in total. The van der Waals surface area contributed by atoms with Crippen molar-refractivity contribution in [1.29, 1.82) is 0 Å². The van der Waals surface area contributed by atoms with Gasteiger partial charge >= 0.3 is 12.7 Å². The van der Waals surface area contributed by atoms with Gasteiger partial charge in [0.2, 0.25) is 0 Å². The molecule has 1 aromatic carbocycles. The largest absolute Gasteiger partial charge is 0.444 e. The second-order valence-electron chi connectivity index (χ2n) is 7.46. The second-order valence-corrected chi connectivity index (χ2v) is 7.46. The van der Waals surface area contributed by atoms with Crippen molar-refractivity contribution in [3.63, 3.8) is 0 Å². The molecular formula is C19H28F2N4O3. The van der Waals surface area contributed by atoms with Crippen molar-refractivity contribution in [2.75, 3.05) is 20.1 Å². The topological polar surface area (TPSA) is 75.2 Å². The van der Waals surface area contributed by atoms with E-state index in [2.05, 4.69) is 20.4 Å². The van der Waals surface area contributed by atoms with Gasteiger partial charge in [-0.1, -0.05) is 18.2 Å². The number of rotatable bonds is 5. The number of nitrogens with one attached hydrogen (secondary N) is 2. The Labute approximate surface area is 164 Å². The molecule has 156 valence electrons. The third kappa shape index (κ3) is 6.86. The van der Waals surface area contributed by atoms with Crippen LogP contribution in [0.15, 0.2) is 29.3 Å². The number of nitrogens with zero attached hydrogens (tertiary/aromatic N) is 2. The van der Waals surface area contributed by atoms with E-state index >= 15 is 0 Å². The van der Waals surface area contributed by atoms with Gasteiger partial charge in [-0.05, 0) is 33.3 Å². The molecule has 1 aliphatic heterocycles. The molecule has 0 spiro atoms. The summed E-state index contributed by atoms with van der Waals surface area (Å²) in [6.07, 6.45) is 0.311. The maximum absolute atomic E-state index is 12.5. The molecule has 0 radical (unpaired) electrons. The summed E-state index contributed by atoms with van der Waals surface area (Å²) in [6.45, 7) is 4.14. The van der Waals surface area contributed by atoms with Gasteiger partial charge < -0.3 is 25.0 Å². The molecule has 0 bridgehead atoms. The SMILES string of the molecule is CN=C(NCc1ccccc1OC(F)F)N1CCC(NC(=O)OC(C)(C)C)C1. The van der Waals surface area contributed by atoms with Crippen LogP contribution < -0.4 is 15.4 Å². The van der Waals surface area contributed by atoms with Gasteiger partial charge in [0.15, 0.2) is 5.96 Å². The number of carbonyl (C=O) groups excluding carboxylic acids is 1. The molecule has 9 heteroatoms. The third-order valence-corrected chi connectivity index (χ3v) is 4.05. The van der Waals surface area contributed by atoms with E-state index in [1.165, 1.54) is 6.07 Å². The van der Waals surface area contributed by atoms with Crippen molar-refractivity contribution in [3.8, 4) is 5.75 Å². The summed E-state index contributed by atoms with van der Waals surface area (Å²) in [5.41, 5.74) is 0.0554. The molecule has 1 fully saturated rings. The zero-order chi connectivity index (χ0) is 20.7. The predicted molar refractivity (Wildman–Crippen MR) is 103 cm³/mol. The van der Waals surface area contributed by atoms with Crippen LogP contribution in [0, 0.1) is 0 Å². The van der Waals surface area contributed by atoms with E-state index in [0.717, 1.165) is 6.42 Å². The molecule has 2 rings (SSSR count). The molecule has 1 heterocycles. The number of alkyl halides is 2. The quantitative estimate of drug-likeness (QED) is 0.589. The standard InChI is InChI=1S/C19H28F2N4O3/c1-19(2,3)28-18(26)24-14-9-10-25(12-14)17(22-4)23-11-13-7-5-6-8-15(13)27-16(20)21/h5-8,14,16H,9-12H2,1-4H3,(H,22,23)(H,24,26). The molecule has 1 aromatic rings. The lowest BCUT2D eigenvalue weighted by molar-refractivity contribution is -0.0504. The number of ether oxygens (including phenoxy) is 2. The Hall–Kier alpha value is -2.58. The first kappa shape index (κ1) is 21.7. The maximum atomic E-state index is 12.5. The zero-order valence-corrected chi connectivity index (χ0v) is 16.7. The van der Waals surface area contributed by atoms with Gasteiger partial charge in [-0.2, -0.15) is 8.78 Å². The normalized spacial score (nSPS) is 17.6. The van der Waals surface area contributed by atoms with Crippen molar-refractivity contribution in [2.45, 2.75) is 52.0 Å². The van der Waals surface area contributed by atoms with Crippen molar-refractivity contribution >= 4 is 12.1 Å². The van der Waals surface area contributed by atoms with Gasteiger partial charge in [0.1, 0.15) is 11.4 Å². The number of benzene rings is 1. The minimum atomic E-state index is -2.88. The monoisotopic (exact) mass is 398 g/mol. The van der Waals surface area contributed by atoms with Gasteiger partial charge in [0, 0.05) is 32.2 Å². The van der Waals surface area contributed by atoms with Crippen LogP contribution in [0.3, 0.4) is 0 Å². The van der Waals surface area contributed by atoms with E-state index in [4.69, 9.17) is 4.74 Å². The Morgan fingerprint density at radius 2 is 2.07 bits per heavy atom. The lowest BCUT2D eigenvalue weighted by atomic mass is 10.2. The van der Waals surface area contributed by atoms with Gasteiger partial charge in [0.25, 0.3) is 0 Å². The zero-order valence-electron chi connectivity index (χ0n) is 16.7. The average Bonchev–Trinajstić information content (AvgIpc) is 3.02. The molecule has 0 aliphatic carbocycles. The minimum Gasteiger partial charge on any atom is -0.444 e. The summed E-state index contributed by atoms with van der Waals surface area (Å²) in [6, 6.07) is 6.57. The summed E-state index contributed by atoms with van der Waals surface area (Å²) >= 11 is 0. The molecule has 0 aromatic heterocycles. The maximum Gasteiger partial charge on any atom is 0.407 e. The highest BCUT2D eigenvalue weighted by Gasteiger charge is 2.28. The van der Waals surface area contributed by atoms with Crippen LogP contribution in [0.5, 0.6) is 5.75 Å². The van der Waals surface area contributed by atoms with Crippen LogP contribution in [0.25, 0.3) is 0 Å². The summed E-state index contributed by atoms with van der Waals surface area (Å²) < 4.78 is 34.9. The second kappa shape index (κ2) is 9.57. The van der Waals surface area contributed by atoms with Crippen LogP contribution in [0.2, 0.25) is 0 Å². The van der Waals surface area contributed by atoms with Crippen LogP contribution in [0.1, 0.15) is 32.8 Å². The number of hydrogen-bond donors (Lipinski definition) is 2. The summed E-state index contributed by atoms with van der Waals surface area (Å²) in [5, 5.41) is 6.02. The molecule has 7 nitrogen and oxygen atoms in total. The van der Waals surface area contributed by atoms with Crippen LogP contribution in [0.4, 0.5) is 13.6 Å². The molecular weight excluding hydrogens is 370 g/mol. The number of alkyl carbamates (subject to hydrolysis) is 1. The Morgan fingerprint density at radius 1 is 1.36 bits per heavy atom. The fraction of sp³-hybridized carbons (Fsp3) is 0.579. The number of aliphatic imine (C=N–C) groups is 1. The number of guanidine groups is 1. The predicted octanol–water partition coefficient (Wildman–Crippen LogP) is 2.96. The van der Waals surface area contributed by atoms with Gasteiger partial charge in [-0.25, -0.2) is 4.79 Å². The fourth-order valence-corrected chi connectivity index (χ4v) is 2.91. The molecule has 1 atom stereocenters. The van der Waals surface area contributed by atoms with Gasteiger partial charge in [-0.15, -0.1) is 0 Å². The number of amides is 1. The van der Waals surface area contributed by atoms with E-state index in [1.54, 1.807) is 25.2 Å². The Kier molecular flexibility index (Phi) is 7.42. The van der Waals surface area contributed by atoms with E-state index in [-0.39, 0.29) is 18.3 Å². The number of likely N-dealkylation sites (tertiary alicyclic amines) is 1. The molecule has 1 unspecified atom stereocenters. The number of carbonyl (C=O) groups is 1. The van der Waals surface area contributed by atoms with Crippen LogP contribution in [-0.4, -0.2) is 55.3 Å². The highest BCUT2D eigenvalue weighted by Crippen LogP contribution is 2.20. The average molecular weight is 398 g/mol. The number of hydrogen-bond acceptors (Lipinski definition) is 4. The summed E-state index contributed by atoms with van der Waals surface area (Å²) in [5.74, 6) is 0.756. The van der Waals surface area contributed by atoms with Crippen LogP contribution in [-0.2, 0) is 11.3 Å². The molecule has 1 saturated heterocycles. The lowest BCUT2D eigenvalue weighted by Gasteiger charge is -2.23. The van der Waals surface area contributed by atoms with E-state index in [1.807, 2.05) is 25.7 Å². The minimum absolute atomic E-state index is 0.0529. The smallest absolute Gasteiger partial charge is 0.407 e. The molecule has 28 heavy (non-hydrogen) atoms. The Balaban J connectivity index is 1.89. The Morgan fingerprint density at radius 3 is 2.71 bits per heavy atom. The van der Waals surface area contributed by atoms with E-state index in [0.29, 0.717) is 24.6 Å². The summed E-state index contributed by atoms with van der Waals surface area (Å²) in [4.78, 5) is 18.2. The van der Waals surface area contributed by atoms with Crippen molar-refractivity contribution in [3.05, 3.63) is 29.8 Å². The highest BCUT2D eigenvalue weighted by molar-refractivity contribution is 5.80. The van der Waals surface area contributed by atoms with E-state index < -0.39 is 18.3 Å². The first-order valence-corrected chi connectivity index (χ1v) is 9.16. The molecule has 1 amide bonds. The van der Waals surface area contributed by atoms with Crippen LogP contribution >= 0.6 is 0 Å². The first-order valence-electron chi connectivity index (χ1n) is 9.16. The van der Waals surface area contributed by atoms with Gasteiger partial charge in [0.05, 0.1) is 6.04 Å².